The van der Waals surface area contributed by atoms with Crippen LogP contribution in [0.25, 0.3) is 0 Å². The zero-order valence-electron chi connectivity index (χ0n) is 27.7. The molecule has 18 heteroatoms. The monoisotopic (exact) mass is 1020 g/mol. The summed E-state index contributed by atoms with van der Waals surface area (Å²) in [5.41, 5.74) is 1.57. The summed E-state index contributed by atoms with van der Waals surface area (Å²) in [6.07, 6.45) is -0.288. The van der Waals surface area contributed by atoms with Gasteiger partial charge in [0.25, 0.3) is 0 Å². The second kappa shape index (κ2) is 16.5. The molecule has 3 unspecified atom stereocenters. The van der Waals surface area contributed by atoms with E-state index in [2.05, 4.69) is 16.1 Å². The molecule has 1 aromatic heterocycles. The third-order valence-electron chi connectivity index (χ3n) is 7.26. The SMILES string of the molecule is CN(C)P(=O)(Cl)OCC1C[N]([Tl])C(N2I=Nc3c(OCc4ccc(OC(=O)C(C)(C)C)cc4)nc(NC(=O)Cc4ccccc4)nc32)CO1. The van der Waals surface area contributed by atoms with Crippen molar-refractivity contribution < 1.29 is 32.9 Å². The van der Waals surface area contributed by atoms with E-state index in [4.69, 9.17) is 38.1 Å². The Bertz CT molecular complexity index is 1730. The number of nitrogens with zero attached hydrogens (tertiary/aromatic N) is 6. The van der Waals surface area contributed by atoms with Crippen LogP contribution in [-0.2, 0) is 36.4 Å². The number of hydrogen-bond acceptors (Lipinski definition) is 12. The van der Waals surface area contributed by atoms with Gasteiger partial charge in [-0.1, -0.05) is 6.07 Å². The van der Waals surface area contributed by atoms with E-state index in [1.807, 2.05) is 42.5 Å². The van der Waals surface area contributed by atoms with E-state index in [1.165, 1.54) is 4.67 Å². The molecule has 0 radical (unpaired) electrons. The van der Waals surface area contributed by atoms with Crippen LogP contribution in [0.4, 0.5) is 17.5 Å². The quantitative estimate of drug-likeness (QED) is 0.0589. The molecule has 3 heterocycles. The van der Waals surface area contributed by atoms with Crippen molar-refractivity contribution in [2.45, 2.75) is 46.1 Å². The molecule has 1 fully saturated rings. The fourth-order valence-corrected chi connectivity index (χ4v) is 10.2. The van der Waals surface area contributed by atoms with E-state index in [0.717, 1.165) is 11.1 Å². The summed E-state index contributed by atoms with van der Waals surface area (Å²) in [7, 11) is 3.20. The number of carbonyl (C=O) groups excluding carboxylic acids is 2. The van der Waals surface area contributed by atoms with E-state index >= 15 is 0 Å². The average Bonchev–Trinajstić information content (AvgIpc) is 3.47. The van der Waals surface area contributed by atoms with Crippen molar-refractivity contribution in [1.82, 2.24) is 17.3 Å². The van der Waals surface area contributed by atoms with Gasteiger partial charge in [0.2, 0.25) is 0 Å². The second-order valence-corrected chi connectivity index (χ2v) is 20.3. The van der Waals surface area contributed by atoms with Crippen LogP contribution in [0.5, 0.6) is 11.6 Å². The Morgan fingerprint density at radius 1 is 1.12 bits per heavy atom. The first kappa shape index (κ1) is 38.1. The number of esters is 1. The van der Waals surface area contributed by atoms with Crippen LogP contribution in [0.3, 0.4) is 0 Å². The number of aromatic nitrogens is 2. The molecule has 1 amide bonds. The molecule has 5 rings (SSSR count). The molecule has 2 aliphatic rings. The zero-order chi connectivity index (χ0) is 35.3. The fourth-order valence-electron chi connectivity index (χ4n) is 4.44. The van der Waals surface area contributed by atoms with Crippen molar-refractivity contribution in [1.29, 1.82) is 0 Å². The number of carbonyl (C=O) groups is 2. The third-order valence-corrected chi connectivity index (χ3v) is 14.3. The van der Waals surface area contributed by atoms with Crippen molar-refractivity contribution in [3.8, 4) is 11.6 Å². The topological polar surface area (TPSA) is 148 Å². The Morgan fingerprint density at radius 3 is 2.49 bits per heavy atom. The maximum absolute atomic E-state index is 13.0. The molecule has 2 aliphatic heterocycles. The van der Waals surface area contributed by atoms with Crippen LogP contribution in [0.1, 0.15) is 31.9 Å². The molecule has 0 spiro atoms. The van der Waals surface area contributed by atoms with Crippen LogP contribution in [0, 0.1) is 5.41 Å². The van der Waals surface area contributed by atoms with Gasteiger partial charge in [-0.15, -0.1) is 0 Å². The number of halogens is 2. The Hall–Kier alpha value is -2.13. The van der Waals surface area contributed by atoms with Gasteiger partial charge in [0, 0.05) is 0 Å². The average molecular weight is 1020 g/mol. The molecule has 1 saturated heterocycles. The van der Waals surface area contributed by atoms with Gasteiger partial charge in [-0.25, -0.2) is 0 Å². The molecule has 3 atom stereocenters. The van der Waals surface area contributed by atoms with Crippen LogP contribution in [0.15, 0.2) is 57.7 Å². The molecule has 0 bridgehead atoms. The van der Waals surface area contributed by atoms with Gasteiger partial charge >= 0.3 is 278 Å². The summed E-state index contributed by atoms with van der Waals surface area (Å²) in [6, 6.07) is 16.5. The zero-order valence-corrected chi connectivity index (χ0v) is 36.0. The van der Waals surface area contributed by atoms with E-state index < -0.39 is 33.6 Å². The van der Waals surface area contributed by atoms with Gasteiger partial charge in [0.1, 0.15) is 0 Å². The number of hydrogen-bond donors (Lipinski definition) is 1. The number of nitrogens with one attached hydrogen (secondary N) is 1. The molecule has 0 saturated carbocycles. The van der Waals surface area contributed by atoms with Crippen LogP contribution in [0.2, 0.25) is 0 Å². The van der Waals surface area contributed by atoms with Gasteiger partial charge in [0.05, 0.1) is 5.41 Å². The number of amides is 1. The van der Waals surface area contributed by atoms with E-state index in [9.17, 15) is 14.2 Å². The van der Waals surface area contributed by atoms with Gasteiger partial charge < -0.3 is 4.74 Å². The molecule has 49 heavy (non-hydrogen) atoms. The summed E-state index contributed by atoms with van der Waals surface area (Å²) in [5, 5.41) is 2.84. The van der Waals surface area contributed by atoms with Crippen molar-refractivity contribution >= 4 is 94.8 Å². The predicted octanol–water partition coefficient (Wildman–Crippen LogP) is 5.74. The summed E-state index contributed by atoms with van der Waals surface area (Å²) in [6.45, 7) is 3.15. The van der Waals surface area contributed by atoms with E-state index in [-0.39, 0.29) is 55.6 Å². The van der Waals surface area contributed by atoms with Crippen LogP contribution in [-0.4, -0.2) is 101 Å². The maximum atomic E-state index is 13.0. The molecule has 260 valence electrons. The number of ether oxygens (including phenoxy) is 3. The summed E-state index contributed by atoms with van der Waals surface area (Å²) >= 11 is 5.56. The van der Waals surface area contributed by atoms with Gasteiger partial charge in [-0.2, -0.15) is 0 Å². The summed E-state index contributed by atoms with van der Waals surface area (Å²) < 4.78 is 46.3. The minimum absolute atomic E-state index is 0.0999. The Kier molecular flexibility index (Phi) is 12.8. The Labute approximate surface area is 317 Å². The predicted molar refractivity (Wildman–Crippen MR) is 194 cm³/mol. The number of fused-ring (bicyclic) bond motifs is 1. The van der Waals surface area contributed by atoms with Crippen molar-refractivity contribution in [2.75, 3.05) is 42.3 Å². The molecular weight excluding hydrogens is 980 g/mol. The molecule has 3 aromatic rings. The molecule has 1 N–H and O–H groups in total. The molecule has 14 nitrogen and oxygen atoms in total. The Morgan fingerprint density at radius 2 is 1.84 bits per heavy atom. The fraction of sp³-hybridized carbons (Fsp3) is 0.419. The first-order valence-electron chi connectivity index (χ1n) is 15.3. The number of rotatable bonds is 12. The van der Waals surface area contributed by atoms with Crippen LogP contribution < -0.4 is 17.9 Å². The summed E-state index contributed by atoms with van der Waals surface area (Å²) in [4.78, 5) is 34.6. The number of morpholine rings is 1. The molecule has 2 aromatic carbocycles. The molecule has 0 aliphatic carbocycles. The standard InChI is InChI=1S/C31H37ClIN7O7P.Tl/c1-31(2,3)29(42)47-22-13-11-21(12-14-22)17-45-28-26-27(36-30(37-28)35-25(41)15-20-9-7-6-8-10-20)40(33-38-26)24-19-44-23(16-34-24)18-46-48(32,43)39(4)5;/h6-14,23-24H,15-19H2,1-5H3,(H,35,36,37,41);/q-1;+1. The number of anilines is 2. The Balaban J connectivity index is 1.32. The van der Waals surface area contributed by atoms with Crippen molar-refractivity contribution in [2.24, 2.45) is 8.56 Å². The normalized spacial score (nSPS) is 19.1. The molecular formula is C31H37ClIN7O7PTl. The minimum atomic E-state index is -3.40. The van der Waals surface area contributed by atoms with Crippen molar-refractivity contribution in [3.63, 3.8) is 0 Å². The van der Waals surface area contributed by atoms with E-state index in [0.29, 0.717) is 56.5 Å². The second-order valence-electron chi connectivity index (χ2n) is 12.5. The van der Waals surface area contributed by atoms with Gasteiger partial charge in [-0.05, 0) is 20.8 Å². The first-order chi connectivity index (χ1) is 23.2. The van der Waals surface area contributed by atoms with E-state index in [1.54, 1.807) is 47.0 Å². The van der Waals surface area contributed by atoms with Gasteiger partial charge in [0.15, 0.2) is 0 Å². The van der Waals surface area contributed by atoms with Crippen molar-refractivity contribution in [3.05, 3.63) is 65.7 Å². The number of benzene rings is 2. The third kappa shape index (κ3) is 10.2. The first-order valence-corrected chi connectivity index (χ1v) is 21.7. The van der Waals surface area contributed by atoms with Gasteiger partial charge in [-0.3, -0.25) is 4.79 Å². The summed E-state index contributed by atoms with van der Waals surface area (Å²) in [5.74, 6) is 0.767. The van der Waals surface area contributed by atoms with Crippen LogP contribution >= 0.6 is 39.4 Å².